The van der Waals surface area contributed by atoms with Crippen LogP contribution in [0.15, 0.2) is 72.9 Å². The van der Waals surface area contributed by atoms with Gasteiger partial charge in [-0.1, -0.05) is 30.3 Å². The molecule has 0 aliphatic rings. The number of fused-ring (bicyclic) bond motifs is 1. The SMILES string of the molecule is N#CCc1ccc(NC(=O)CCc2nc3cccnc3n2-c2ccccc2)cc1. The van der Waals surface area contributed by atoms with E-state index in [4.69, 9.17) is 5.26 Å². The van der Waals surface area contributed by atoms with Gasteiger partial charge in [0, 0.05) is 30.4 Å². The predicted molar refractivity (Wildman–Crippen MR) is 112 cm³/mol. The summed E-state index contributed by atoms with van der Waals surface area (Å²) in [5.41, 5.74) is 4.20. The van der Waals surface area contributed by atoms with Crippen molar-refractivity contribution in [1.29, 1.82) is 5.26 Å². The number of anilines is 1. The molecule has 0 aliphatic heterocycles. The van der Waals surface area contributed by atoms with E-state index < -0.39 is 0 Å². The number of para-hydroxylation sites is 1. The summed E-state index contributed by atoms with van der Waals surface area (Å²) < 4.78 is 2.00. The summed E-state index contributed by atoms with van der Waals surface area (Å²) in [7, 11) is 0. The largest absolute Gasteiger partial charge is 0.326 e. The van der Waals surface area contributed by atoms with Crippen molar-refractivity contribution in [2.24, 2.45) is 0 Å². The molecule has 0 radical (unpaired) electrons. The van der Waals surface area contributed by atoms with Crippen molar-refractivity contribution < 1.29 is 4.79 Å². The number of nitrogens with zero attached hydrogens (tertiary/aromatic N) is 4. The molecule has 0 spiro atoms. The molecule has 0 atom stereocenters. The first-order valence-corrected chi connectivity index (χ1v) is 9.38. The third kappa shape index (κ3) is 4.14. The maximum atomic E-state index is 12.4. The monoisotopic (exact) mass is 381 g/mol. The first-order chi connectivity index (χ1) is 14.2. The summed E-state index contributed by atoms with van der Waals surface area (Å²) in [5, 5.41) is 11.6. The number of nitrogens with one attached hydrogen (secondary N) is 1. The molecule has 1 N–H and O–H groups in total. The Kier molecular flexibility index (Phi) is 5.30. The van der Waals surface area contributed by atoms with Crippen molar-refractivity contribution in [3.8, 4) is 11.8 Å². The molecule has 0 saturated carbocycles. The molecule has 4 rings (SSSR count). The molecular weight excluding hydrogens is 362 g/mol. The molecule has 2 heterocycles. The number of nitriles is 1. The second-order valence-electron chi connectivity index (χ2n) is 6.63. The van der Waals surface area contributed by atoms with Gasteiger partial charge in [0.2, 0.25) is 5.91 Å². The second-order valence-corrected chi connectivity index (χ2v) is 6.63. The van der Waals surface area contributed by atoms with Crippen LogP contribution in [0.25, 0.3) is 16.9 Å². The zero-order chi connectivity index (χ0) is 20.1. The molecule has 0 unspecified atom stereocenters. The quantitative estimate of drug-likeness (QED) is 0.546. The number of carbonyl (C=O) groups excluding carboxylic acids is 1. The minimum absolute atomic E-state index is 0.0855. The normalized spacial score (nSPS) is 10.6. The van der Waals surface area contributed by atoms with E-state index in [1.54, 1.807) is 6.20 Å². The third-order valence-corrected chi connectivity index (χ3v) is 4.60. The van der Waals surface area contributed by atoms with E-state index >= 15 is 0 Å². The molecule has 6 heteroatoms. The van der Waals surface area contributed by atoms with Crippen molar-refractivity contribution in [3.05, 3.63) is 84.3 Å². The van der Waals surface area contributed by atoms with Gasteiger partial charge in [-0.2, -0.15) is 5.26 Å². The standard InChI is InChI=1S/C23H19N5O/c24-15-14-17-8-10-18(11-9-17)26-22(29)13-12-21-27-20-7-4-16-25-23(20)28(21)19-5-2-1-3-6-19/h1-11,16H,12-14H2,(H,26,29). The summed E-state index contributed by atoms with van der Waals surface area (Å²) >= 11 is 0. The van der Waals surface area contributed by atoms with Crippen LogP contribution in [0.3, 0.4) is 0 Å². The van der Waals surface area contributed by atoms with Gasteiger partial charge < -0.3 is 5.32 Å². The van der Waals surface area contributed by atoms with Gasteiger partial charge in [-0.25, -0.2) is 9.97 Å². The van der Waals surface area contributed by atoms with Gasteiger partial charge in [-0.3, -0.25) is 9.36 Å². The molecule has 4 aromatic rings. The fraction of sp³-hybridized carbons (Fsp3) is 0.130. The van der Waals surface area contributed by atoms with E-state index in [9.17, 15) is 4.79 Å². The van der Waals surface area contributed by atoms with Gasteiger partial charge in [0.1, 0.15) is 11.3 Å². The summed E-state index contributed by atoms with van der Waals surface area (Å²) in [5.74, 6) is 0.710. The molecule has 0 aliphatic carbocycles. The molecule has 1 amide bonds. The van der Waals surface area contributed by atoms with Crippen LogP contribution in [-0.2, 0) is 17.6 Å². The lowest BCUT2D eigenvalue weighted by atomic mass is 10.1. The van der Waals surface area contributed by atoms with E-state index in [-0.39, 0.29) is 5.91 Å². The number of imidazole rings is 1. The molecule has 2 aromatic carbocycles. The Balaban J connectivity index is 1.51. The number of benzene rings is 2. The zero-order valence-electron chi connectivity index (χ0n) is 15.7. The Morgan fingerprint density at radius 2 is 1.83 bits per heavy atom. The highest BCUT2D eigenvalue weighted by atomic mass is 16.1. The number of hydrogen-bond acceptors (Lipinski definition) is 4. The van der Waals surface area contributed by atoms with Crippen molar-refractivity contribution in [1.82, 2.24) is 14.5 Å². The lowest BCUT2D eigenvalue weighted by Crippen LogP contribution is -2.14. The molecule has 0 fully saturated rings. The van der Waals surface area contributed by atoms with Crippen LogP contribution >= 0.6 is 0 Å². The van der Waals surface area contributed by atoms with Gasteiger partial charge in [-0.15, -0.1) is 0 Å². The Bertz CT molecular complexity index is 1170. The number of amides is 1. The van der Waals surface area contributed by atoms with Crippen LogP contribution in [-0.4, -0.2) is 20.4 Å². The minimum Gasteiger partial charge on any atom is -0.326 e. The average molecular weight is 381 g/mol. The highest BCUT2D eigenvalue weighted by Gasteiger charge is 2.14. The number of aryl methyl sites for hydroxylation is 1. The van der Waals surface area contributed by atoms with Gasteiger partial charge in [0.15, 0.2) is 5.65 Å². The lowest BCUT2D eigenvalue weighted by molar-refractivity contribution is -0.116. The predicted octanol–water partition coefficient (Wildman–Crippen LogP) is 4.06. The topological polar surface area (TPSA) is 83.6 Å². The summed E-state index contributed by atoms with van der Waals surface area (Å²) in [4.78, 5) is 21.6. The third-order valence-electron chi connectivity index (χ3n) is 4.60. The van der Waals surface area contributed by atoms with Gasteiger partial charge in [0.05, 0.1) is 12.5 Å². The average Bonchev–Trinajstić information content (AvgIpc) is 3.13. The molecule has 2 aromatic heterocycles. The van der Waals surface area contributed by atoms with Crippen molar-refractivity contribution in [2.75, 3.05) is 5.32 Å². The molecule has 29 heavy (non-hydrogen) atoms. The van der Waals surface area contributed by atoms with Crippen LogP contribution in [0.4, 0.5) is 5.69 Å². The first-order valence-electron chi connectivity index (χ1n) is 9.38. The Morgan fingerprint density at radius 1 is 1.03 bits per heavy atom. The highest BCUT2D eigenvalue weighted by molar-refractivity contribution is 5.90. The van der Waals surface area contributed by atoms with Crippen molar-refractivity contribution in [2.45, 2.75) is 19.3 Å². The van der Waals surface area contributed by atoms with Crippen molar-refractivity contribution in [3.63, 3.8) is 0 Å². The molecule has 142 valence electrons. The minimum atomic E-state index is -0.0855. The zero-order valence-corrected chi connectivity index (χ0v) is 15.7. The number of rotatable bonds is 6. The maximum Gasteiger partial charge on any atom is 0.224 e. The summed E-state index contributed by atoms with van der Waals surface area (Å²) in [6, 6.07) is 23.1. The Morgan fingerprint density at radius 3 is 2.59 bits per heavy atom. The van der Waals surface area contributed by atoms with Crippen LogP contribution in [0, 0.1) is 11.3 Å². The second kappa shape index (κ2) is 8.36. The number of hydrogen-bond donors (Lipinski definition) is 1. The Labute approximate surface area is 168 Å². The van der Waals surface area contributed by atoms with Crippen molar-refractivity contribution >= 4 is 22.8 Å². The van der Waals surface area contributed by atoms with E-state index in [0.29, 0.717) is 19.3 Å². The first kappa shape index (κ1) is 18.4. The number of carbonyl (C=O) groups is 1. The smallest absolute Gasteiger partial charge is 0.224 e. The fourth-order valence-electron chi connectivity index (χ4n) is 3.22. The summed E-state index contributed by atoms with van der Waals surface area (Å²) in [6.07, 6.45) is 2.90. The van der Waals surface area contributed by atoms with Crippen LogP contribution in [0.2, 0.25) is 0 Å². The van der Waals surface area contributed by atoms with E-state index in [2.05, 4.69) is 21.4 Å². The molecule has 0 saturated heterocycles. The molecule has 6 nitrogen and oxygen atoms in total. The van der Waals surface area contributed by atoms with Crippen LogP contribution in [0.1, 0.15) is 17.8 Å². The van der Waals surface area contributed by atoms with Crippen LogP contribution in [0.5, 0.6) is 0 Å². The van der Waals surface area contributed by atoms with E-state index in [0.717, 1.165) is 33.9 Å². The van der Waals surface area contributed by atoms with E-state index in [1.807, 2.05) is 71.3 Å². The summed E-state index contributed by atoms with van der Waals surface area (Å²) in [6.45, 7) is 0. The highest BCUT2D eigenvalue weighted by Crippen LogP contribution is 2.21. The number of aromatic nitrogens is 3. The van der Waals surface area contributed by atoms with E-state index in [1.165, 1.54) is 0 Å². The number of pyridine rings is 1. The molecular formula is C23H19N5O. The van der Waals surface area contributed by atoms with Crippen LogP contribution < -0.4 is 5.32 Å². The fourth-order valence-corrected chi connectivity index (χ4v) is 3.22. The van der Waals surface area contributed by atoms with Gasteiger partial charge in [0.25, 0.3) is 0 Å². The van der Waals surface area contributed by atoms with Gasteiger partial charge >= 0.3 is 0 Å². The lowest BCUT2D eigenvalue weighted by Gasteiger charge is -2.09. The van der Waals surface area contributed by atoms with Gasteiger partial charge in [-0.05, 0) is 42.0 Å². The molecule has 0 bridgehead atoms. The maximum absolute atomic E-state index is 12.4. The Hall–Kier alpha value is -3.98.